The molecule has 1 rings (SSSR count). The topological polar surface area (TPSA) is 33.2 Å². The van der Waals surface area contributed by atoms with Gasteiger partial charge < -0.3 is 4.90 Å². The van der Waals surface area contributed by atoms with Crippen LogP contribution in [0.4, 0.5) is 0 Å². The highest BCUT2D eigenvalue weighted by atomic mass is 79.9. The molecule has 1 aromatic rings. The first-order valence-corrected chi connectivity index (χ1v) is 6.31. The molecule has 1 amide bonds. The summed E-state index contributed by atoms with van der Waals surface area (Å²) in [5.41, 5.74) is 0.544. The van der Waals surface area contributed by atoms with Crippen molar-refractivity contribution in [2.75, 3.05) is 12.4 Å². The Bertz CT molecular complexity index is 326. The standard InChI is InChI=1S/C9H13BrN2OS/c1-6(4-10)12(3)9(13)8-5-14-7(2)11-8/h5-6H,4H2,1-3H3. The van der Waals surface area contributed by atoms with Crippen molar-refractivity contribution >= 4 is 33.2 Å². The summed E-state index contributed by atoms with van der Waals surface area (Å²) in [6, 6.07) is 0.185. The van der Waals surface area contributed by atoms with Crippen LogP contribution >= 0.6 is 27.3 Å². The second-order valence-electron chi connectivity index (χ2n) is 3.17. The van der Waals surface area contributed by atoms with E-state index >= 15 is 0 Å². The molecule has 3 nitrogen and oxygen atoms in total. The van der Waals surface area contributed by atoms with Gasteiger partial charge in [-0.1, -0.05) is 15.9 Å². The van der Waals surface area contributed by atoms with Crippen molar-refractivity contribution in [2.24, 2.45) is 0 Å². The highest BCUT2D eigenvalue weighted by molar-refractivity contribution is 9.09. The number of nitrogens with zero attached hydrogens (tertiary/aromatic N) is 2. The number of carbonyl (C=O) groups excluding carboxylic acids is 1. The van der Waals surface area contributed by atoms with Crippen LogP contribution in [0.1, 0.15) is 22.4 Å². The van der Waals surface area contributed by atoms with Crippen molar-refractivity contribution < 1.29 is 4.79 Å². The number of alkyl halides is 1. The quantitative estimate of drug-likeness (QED) is 0.794. The number of halogens is 1. The van der Waals surface area contributed by atoms with Crippen molar-refractivity contribution in [1.82, 2.24) is 9.88 Å². The molecule has 1 aromatic heterocycles. The molecule has 1 unspecified atom stereocenters. The van der Waals surface area contributed by atoms with Crippen molar-refractivity contribution in [3.8, 4) is 0 Å². The maximum absolute atomic E-state index is 11.8. The molecule has 1 heterocycles. The van der Waals surface area contributed by atoms with E-state index in [4.69, 9.17) is 0 Å². The molecule has 0 radical (unpaired) electrons. The summed E-state index contributed by atoms with van der Waals surface area (Å²) in [6.07, 6.45) is 0. The van der Waals surface area contributed by atoms with E-state index < -0.39 is 0 Å². The summed E-state index contributed by atoms with van der Waals surface area (Å²) < 4.78 is 0. The van der Waals surface area contributed by atoms with E-state index in [1.165, 1.54) is 11.3 Å². The third kappa shape index (κ3) is 2.54. The van der Waals surface area contributed by atoms with Gasteiger partial charge in [-0.2, -0.15) is 0 Å². The Kier molecular flexibility index (Phi) is 4.07. The fraction of sp³-hybridized carbons (Fsp3) is 0.556. The Morgan fingerprint density at radius 3 is 2.86 bits per heavy atom. The van der Waals surface area contributed by atoms with Crippen LogP contribution in [0.15, 0.2) is 5.38 Å². The number of hydrogen-bond acceptors (Lipinski definition) is 3. The Balaban J connectivity index is 2.75. The molecule has 0 aromatic carbocycles. The van der Waals surface area contributed by atoms with Crippen LogP contribution in [0.5, 0.6) is 0 Å². The van der Waals surface area contributed by atoms with Crippen molar-refractivity contribution in [1.29, 1.82) is 0 Å². The van der Waals surface area contributed by atoms with Crippen LogP contribution in [0.3, 0.4) is 0 Å². The Morgan fingerprint density at radius 2 is 2.43 bits per heavy atom. The molecule has 0 bridgehead atoms. The monoisotopic (exact) mass is 276 g/mol. The predicted molar refractivity (Wildman–Crippen MR) is 62.2 cm³/mol. The summed E-state index contributed by atoms with van der Waals surface area (Å²) in [4.78, 5) is 17.7. The highest BCUT2D eigenvalue weighted by Crippen LogP contribution is 2.11. The molecule has 5 heteroatoms. The van der Waals surface area contributed by atoms with Crippen LogP contribution in [0.2, 0.25) is 0 Å². The molecule has 0 fully saturated rings. The molecular formula is C9H13BrN2OS. The molecule has 0 aliphatic heterocycles. The minimum atomic E-state index is -0.0127. The number of aryl methyl sites for hydroxylation is 1. The number of rotatable bonds is 3. The molecule has 0 N–H and O–H groups in total. The van der Waals surface area contributed by atoms with Crippen LogP contribution in [-0.2, 0) is 0 Å². The van der Waals surface area contributed by atoms with E-state index in [1.54, 1.807) is 17.3 Å². The largest absolute Gasteiger partial charge is 0.337 e. The minimum Gasteiger partial charge on any atom is -0.337 e. The van der Waals surface area contributed by atoms with E-state index in [-0.39, 0.29) is 11.9 Å². The summed E-state index contributed by atoms with van der Waals surface area (Å²) in [6.45, 7) is 3.89. The maximum Gasteiger partial charge on any atom is 0.273 e. The SMILES string of the molecule is Cc1nc(C(=O)N(C)C(C)CBr)cs1. The third-order valence-corrected chi connectivity index (χ3v) is 3.75. The summed E-state index contributed by atoms with van der Waals surface area (Å²) in [7, 11) is 1.79. The van der Waals surface area contributed by atoms with Gasteiger partial charge in [-0.3, -0.25) is 4.79 Å². The fourth-order valence-electron chi connectivity index (χ4n) is 0.946. The average molecular weight is 277 g/mol. The Hall–Kier alpha value is -0.420. The van der Waals surface area contributed by atoms with Gasteiger partial charge in [-0.15, -0.1) is 11.3 Å². The van der Waals surface area contributed by atoms with E-state index in [0.29, 0.717) is 5.69 Å². The van der Waals surface area contributed by atoms with Crippen LogP contribution in [0, 0.1) is 6.92 Å². The summed E-state index contributed by atoms with van der Waals surface area (Å²) >= 11 is 4.85. The maximum atomic E-state index is 11.8. The normalized spacial score (nSPS) is 12.6. The fourth-order valence-corrected chi connectivity index (χ4v) is 1.97. The zero-order valence-corrected chi connectivity index (χ0v) is 10.9. The van der Waals surface area contributed by atoms with Crippen molar-refractivity contribution in [3.63, 3.8) is 0 Å². The smallest absolute Gasteiger partial charge is 0.273 e. The first-order chi connectivity index (χ1) is 6.56. The number of amides is 1. The van der Waals surface area contributed by atoms with Gasteiger partial charge in [0, 0.05) is 23.8 Å². The highest BCUT2D eigenvalue weighted by Gasteiger charge is 2.18. The predicted octanol–water partition coefficient (Wildman–Crippen LogP) is 2.31. The van der Waals surface area contributed by atoms with Gasteiger partial charge in [0.15, 0.2) is 0 Å². The Morgan fingerprint density at radius 1 is 1.79 bits per heavy atom. The number of aromatic nitrogens is 1. The molecular weight excluding hydrogens is 264 g/mol. The lowest BCUT2D eigenvalue weighted by molar-refractivity contribution is 0.0753. The molecule has 0 saturated carbocycles. The van der Waals surface area contributed by atoms with E-state index in [9.17, 15) is 4.79 Å². The average Bonchev–Trinajstić information content (AvgIpc) is 2.61. The van der Waals surface area contributed by atoms with E-state index in [0.717, 1.165) is 10.3 Å². The number of thiazole rings is 1. The Labute approximate surface area is 96.3 Å². The molecule has 0 saturated heterocycles. The molecule has 14 heavy (non-hydrogen) atoms. The van der Waals surface area contributed by atoms with Gasteiger partial charge >= 0.3 is 0 Å². The van der Waals surface area contributed by atoms with Gasteiger partial charge in [0.2, 0.25) is 0 Å². The first-order valence-electron chi connectivity index (χ1n) is 4.31. The number of hydrogen-bond donors (Lipinski definition) is 0. The van der Waals surface area contributed by atoms with Gasteiger partial charge in [-0.25, -0.2) is 4.98 Å². The van der Waals surface area contributed by atoms with Gasteiger partial charge in [0.05, 0.1) is 5.01 Å². The summed E-state index contributed by atoms with van der Waals surface area (Å²) in [5, 5.41) is 3.50. The van der Waals surface area contributed by atoms with Crippen LogP contribution < -0.4 is 0 Å². The molecule has 1 atom stereocenters. The van der Waals surface area contributed by atoms with E-state index in [2.05, 4.69) is 20.9 Å². The van der Waals surface area contributed by atoms with Crippen molar-refractivity contribution in [2.45, 2.75) is 19.9 Å². The number of carbonyl (C=O) groups is 1. The molecule has 0 spiro atoms. The zero-order valence-electron chi connectivity index (χ0n) is 8.45. The van der Waals surface area contributed by atoms with Gasteiger partial charge in [0.1, 0.15) is 5.69 Å². The van der Waals surface area contributed by atoms with E-state index in [1.807, 2.05) is 13.8 Å². The minimum absolute atomic E-state index is 0.0127. The summed E-state index contributed by atoms with van der Waals surface area (Å²) in [5.74, 6) is -0.0127. The second kappa shape index (κ2) is 4.89. The molecule has 78 valence electrons. The lowest BCUT2D eigenvalue weighted by atomic mass is 10.3. The lowest BCUT2D eigenvalue weighted by Crippen LogP contribution is -2.36. The van der Waals surface area contributed by atoms with Gasteiger partial charge in [-0.05, 0) is 13.8 Å². The van der Waals surface area contributed by atoms with Crippen molar-refractivity contribution in [3.05, 3.63) is 16.1 Å². The lowest BCUT2D eigenvalue weighted by Gasteiger charge is -2.22. The third-order valence-electron chi connectivity index (χ3n) is 2.04. The van der Waals surface area contributed by atoms with Gasteiger partial charge in [0.25, 0.3) is 5.91 Å². The van der Waals surface area contributed by atoms with Crippen LogP contribution in [-0.4, -0.2) is 34.2 Å². The molecule has 0 aliphatic rings. The first kappa shape index (κ1) is 11.7. The van der Waals surface area contributed by atoms with Crippen LogP contribution in [0.25, 0.3) is 0 Å². The molecule has 0 aliphatic carbocycles. The second-order valence-corrected chi connectivity index (χ2v) is 4.88. The zero-order chi connectivity index (χ0) is 10.7.